The Kier molecular flexibility index (Phi) is 2.92. The number of carbonyl (C=O) groups excluding carboxylic acids is 1. The van der Waals surface area contributed by atoms with Crippen molar-refractivity contribution in [3.05, 3.63) is 47.0 Å². The molecular weight excluding hydrogens is 226 g/mol. The molecule has 1 heterocycles. The number of H-pyrrole nitrogens is 1. The standard InChI is InChI=1S/C11H10ClN3O/c12-8-2-1-7(5-9(8)13)10(16)6-11-14-3-4-15-11/h1-5H,6,13H2,(H,14,15). The molecule has 0 aliphatic carbocycles. The molecule has 0 bridgehead atoms. The minimum Gasteiger partial charge on any atom is -0.398 e. The third-order valence-electron chi connectivity index (χ3n) is 2.20. The third-order valence-corrected chi connectivity index (χ3v) is 2.55. The summed E-state index contributed by atoms with van der Waals surface area (Å²) in [6.45, 7) is 0. The second kappa shape index (κ2) is 4.37. The SMILES string of the molecule is Nc1cc(C(=O)Cc2ncc[nH]2)ccc1Cl. The number of rotatable bonds is 3. The number of nitrogens with zero attached hydrogens (tertiary/aromatic N) is 1. The number of halogens is 1. The van der Waals surface area contributed by atoms with Crippen molar-refractivity contribution < 1.29 is 4.79 Å². The number of nitrogens with one attached hydrogen (secondary N) is 1. The van der Waals surface area contributed by atoms with Gasteiger partial charge in [-0.2, -0.15) is 0 Å². The monoisotopic (exact) mass is 235 g/mol. The highest BCUT2D eigenvalue weighted by Crippen LogP contribution is 2.20. The molecule has 2 aromatic rings. The van der Waals surface area contributed by atoms with Gasteiger partial charge in [0.2, 0.25) is 0 Å². The lowest BCUT2D eigenvalue weighted by Crippen LogP contribution is -2.05. The van der Waals surface area contributed by atoms with Crippen LogP contribution < -0.4 is 5.73 Å². The number of hydrogen-bond donors (Lipinski definition) is 2. The number of aromatic nitrogens is 2. The molecule has 0 fully saturated rings. The Morgan fingerprint density at radius 1 is 1.50 bits per heavy atom. The van der Waals surface area contributed by atoms with Crippen molar-refractivity contribution in [3.8, 4) is 0 Å². The van der Waals surface area contributed by atoms with E-state index in [0.29, 0.717) is 22.1 Å². The molecule has 0 spiro atoms. The zero-order valence-electron chi connectivity index (χ0n) is 8.40. The maximum atomic E-state index is 11.8. The summed E-state index contributed by atoms with van der Waals surface area (Å²) < 4.78 is 0. The van der Waals surface area contributed by atoms with Crippen LogP contribution in [-0.2, 0) is 6.42 Å². The summed E-state index contributed by atoms with van der Waals surface area (Å²) in [7, 11) is 0. The van der Waals surface area contributed by atoms with Gasteiger partial charge in [-0.15, -0.1) is 0 Å². The van der Waals surface area contributed by atoms with Crippen LogP contribution >= 0.6 is 11.6 Å². The second-order valence-corrected chi connectivity index (χ2v) is 3.78. The minimum atomic E-state index is -0.0432. The molecule has 3 N–H and O–H groups in total. The number of anilines is 1. The number of Topliss-reactive ketones (excluding diaryl/α,β-unsaturated/α-hetero) is 1. The average molecular weight is 236 g/mol. The summed E-state index contributed by atoms with van der Waals surface area (Å²) in [6.07, 6.45) is 3.52. The van der Waals surface area contributed by atoms with E-state index in [1.54, 1.807) is 30.6 Å². The molecule has 0 atom stereocenters. The smallest absolute Gasteiger partial charge is 0.170 e. The minimum absolute atomic E-state index is 0.0432. The summed E-state index contributed by atoms with van der Waals surface area (Å²) in [5.41, 5.74) is 6.57. The number of hydrogen-bond acceptors (Lipinski definition) is 3. The van der Waals surface area contributed by atoms with Crippen LogP contribution in [0.25, 0.3) is 0 Å². The van der Waals surface area contributed by atoms with E-state index >= 15 is 0 Å². The quantitative estimate of drug-likeness (QED) is 0.632. The third kappa shape index (κ3) is 2.23. The number of carbonyl (C=O) groups is 1. The van der Waals surface area contributed by atoms with E-state index in [1.807, 2.05) is 0 Å². The van der Waals surface area contributed by atoms with Crippen molar-refractivity contribution >= 4 is 23.1 Å². The molecule has 0 aliphatic heterocycles. The topological polar surface area (TPSA) is 71.8 Å². The lowest BCUT2D eigenvalue weighted by Gasteiger charge is -2.02. The lowest BCUT2D eigenvalue weighted by molar-refractivity contribution is 0.0991. The van der Waals surface area contributed by atoms with Crippen molar-refractivity contribution in [2.75, 3.05) is 5.73 Å². The summed E-state index contributed by atoms with van der Waals surface area (Å²) in [5, 5.41) is 0.453. The first-order valence-corrected chi connectivity index (χ1v) is 5.11. The van der Waals surface area contributed by atoms with Gasteiger partial charge in [-0.05, 0) is 18.2 Å². The van der Waals surface area contributed by atoms with Crippen molar-refractivity contribution in [3.63, 3.8) is 0 Å². The highest BCUT2D eigenvalue weighted by molar-refractivity contribution is 6.33. The highest BCUT2D eigenvalue weighted by atomic mass is 35.5. The number of imidazole rings is 1. The Hall–Kier alpha value is -1.81. The van der Waals surface area contributed by atoms with E-state index in [9.17, 15) is 4.79 Å². The van der Waals surface area contributed by atoms with Crippen LogP contribution in [0.5, 0.6) is 0 Å². The molecule has 0 amide bonds. The second-order valence-electron chi connectivity index (χ2n) is 3.37. The Balaban J connectivity index is 2.18. The van der Waals surface area contributed by atoms with Crippen LogP contribution in [0.2, 0.25) is 5.02 Å². The maximum absolute atomic E-state index is 11.8. The predicted molar refractivity (Wildman–Crippen MR) is 62.5 cm³/mol. The zero-order valence-corrected chi connectivity index (χ0v) is 9.16. The first-order chi connectivity index (χ1) is 7.66. The van der Waals surface area contributed by atoms with Crippen LogP contribution in [0.1, 0.15) is 16.2 Å². The molecule has 2 rings (SSSR count). The molecule has 82 valence electrons. The largest absolute Gasteiger partial charge is 0.398 e. The van der Waals surface area contributed by atoms with Crippen molar-refractivity contribution in [1.29, 1.82) is 0 Å². The van der Waals surface area contributed by atoms with E-state index in [2.05, 4.69) is 9.97 Å². The lowest BCUT2D eigenvalue weighted by atomic mass is 10.1. The summed E-state index contributed by atoms with van der Waals surface area (Å²) >= 11 is 5.77. The molecule has 16 heavy (non-hydrogen) atoms. The van der Waals surface area contributed by atoms with Gasteiger partial charge in [-0.3, -0.25) is 4.79 Å². The van der Waals surface area contributed by atoms with Gasteiger partial charge in [0, 0.05) is 18.0 Å². The van der Waals surface area contributed by atoms with Crippen molar-refractivity contribution in [2.45, 2.75) is 6.42 Å². The fourth-order valence-corrected chi connectivity index (χ4v) is 1.48. The van der Waals surface area contributed by atoms with Crippen LogP contribution in [0.4, 0.5) is 5.69 Å². The summed E-state index contributed by atoms with van der Waals surface area (Å²) in [5.74, 6) is 0.594. The Morgan fingerprint density at radius 3 is 2.94 bits per heavy atom. The fraction of sp³-hybridized carbons (Fsp3) is 0.0909. The molecular formula is C11H10ClN3O. The van der Waals surface area contributed by atoms with Gasteiger partial charge in [-0.1, -0.05) is 11.6 Å². The fourth-order valence-electron chi connectivity index (χ4n) is 1.37. The summed E-state index contributed by atoms with van der Waals surface area (Å²) in [4.78, 5) is 18.7. The molecule has 4 nitrogen and oxygen atoms in total. The van der Waals surface area contributed by atoms with Gasteiger partial charge in [-0.25, -0.2) is 4.98 Å². The van der Waals surface area contributed by atoms with Crippen LogP contribution in [-0.4, -0.2) is 15.8 Å². The van der Waals surface area contributed by atoms with Crippen molar-refractivity contribution in [1.82, 2.24) is 9.97 Å². The van der Waals surface area contributed by atoms with Crippen molar-refractivity contribution in [2.24, 2.45) is 0 Å². The van der Waals surface area contributed by atoms with Gasteiger partial charge < -0.3 is 10.7 Å². The molecule has 0 aliphatic rings. The van der Waals surface area contributed by atoms with Gasteiger partial charge in [0.15, 0.2) is 5.78 Å². The van der Waals surface area contributed by atoms with Crippen LogP contribution in [0.3, 0.4) is 0 Å². The zero-order chi connectivity index (χ0) is 11.5. The maximum Gasteiger partial charge on any atom is 0.170 e. The van der Waals surface area contributed by atoms with E-state index < -0.39 is 0 Å². The Morgan fingerprint density at radius 2 is 2.31 bits per heavy atom. The number of nitrogens with two attached hydrogens (primary N) is 1. The van der Waals surface area contributed by atoms with E-state index in [-0.39, 0.29) is 12.2 Å². The van der Waals surface area contributed by atoms with E-state index in [1.165, 1.54) is 0 Å². The number of nitrogen functional groups attached to an aromatic ring is 1. The van der Waals surface area contributed by atoms with Gasteiger partial charge >= 0.3 is 0 Å². The Labute approximate surface area is 97.5 Å². The molecule has 0 saturated carbocycles. The van der Waals surface area contributed by atoms with Crippen LogP contribution in [0, 0.1) is 0 Å². The first-order valence-electron chi connectivity index (χ1n) is 4.73. The number of ketones is 1. The number of aromatic amines is 1. The van der Waals surface area contributed by atoms with E-state index in [4.69, 9.17) is 17.3 Å². The van der Waals surface area contributed by atoms with Gasteiger partial charge in [0.25, 0.3) is 0 Å². The average Bonchev–Trinajstić information content (AvgIpc) is 2.74. The molecule has 0 saturated heterocycles. The van der Waals surface area contributed by atoms with Gasteiger partial charge in [0.05, 0.1) is 17.1 Å². The normalized spacial score (nSPS) is 10.3. The molecule has 0 radical (unpaired) electrons. The molecule has 1 aromatic heterocycles. The number of benzene rings is 1. The van der Waals surface area contributed by atoms with E-state index in [0.717, 1.165) is 0 Å². The first kappa shape index (κ1) is 10.7. The highest BCUT2D eigenvalue weighted by Gasteiger charge is 2.09. The Bertz CT molecular complexity index is 508. The van der Waals surface area contributed by atoms with Gasteiger partial charge in [0.1, 0.15) is 5.82 Å². The summed E-state index contributed by atoms with van der Waals surface area (Å²) in [6, 6.07) is 4.85. The predicted octanol–water partition coefficient (Wildman–Crippen LogP) is 2.07. The molecule has 1 aromatic carbocycles. The molecule has 5 heteroatoms. The van der Waals surface area contributed by atoms with Crippen LogP contribution in [0.15, 0.2) is 30.6 Å². The molecule has 0 unspecified atom stereocenters.